The zero-order chi connectivity index (χ0) is 12.9. The van der Waals surface area contributed by atoms with Crippen LogP contribution in [0.15, 0.2) is 35.9 Å². The Morgan fingerprint density at radius 2 is 1.84 bits per heavy atom. The summed E-state index contributed by atoms with van der Waals surface area (Å²) in [7, 11) is 0. The molecule has 0 bridgehead atoms. The van der Waals surface area contributed by atoms with Gasteiger partial charge < -0.3 is 4.74 Å². The molecular formula is C17H18O2. The molecule has 0 aromatic heterocycles. The Hall–Kier alpha value is -1.41. The summed E-state index contributed by atoms with van der Waals surface area (Å²) >= 11 is 0. The van der Waals surface area contributed by atoms with E-state index in [1.165, 1.54) is 18.4 Å². The predicted molar refractivity (Wildman–Crippen MR) is 73.6 cm³/mol. The Bertz CT molecular complexity index is 550. The summed E-state index contributed by atoms with van der Waals surface area (Å²) in [5, 5.41) is 0. The first-order chi connectivity index (χ1) is 9.30. The summed E-state index contributed by atoms with van der Waals surface area (Å²) in [4.78, 5) is 12.4. The highest BCUT2D eigenvalue weighted by molar-refractivity contribution is 6.24. The van der Waals surface area contributed by atoms with E-state index in [0.29, 0.717) is 18.1 Å². The average Bonchev–Trinajstić information content (AvgIpc) is 3.10. The van der Waals surface area contributed by atoms with Crippen molar-refractivity contribution in [2.24, 2.45) is 5.92 Å². The molecule has 1 spiro atoms. The SMILES string of the molecule is O=C1C[C@@H]2COC3(CCCC3)C2=C1c1ccccc1. The molecule has 1 heterocycles. The summed E-state index contributed by atoms with van der Waals surface area (Å²) in [5.41, 5.74) is 3.30. The van der Waals surface area contributed by atoms with Crippen molar-refractivity contribution in [3.05, 3.63) is 41.5 Å². The van der Waals surface area contributed by atoms with Crippen LogP contribution in [0.3, 0.4) is 0 Å². The highest BCUT2D eigenvalue weighted by Crippen LogP contribution is 2.54. The van der Waals surface area contributed by atoms with Gasteiger partial charge in [0.15, 0.2) is 5.78 Å². The molecule has 1 aliphatic heterocycles. The van der Waals surface area contributed by atoms with Gasteiger partial charge in [-0.05, 0) is 24.0 Å². The molecule has 3 aliphatic rings. The number of hydrogen-bond donors (Lipinski definition) is 0. The van der Waals surface area contributed by atoms with E-state index in [-0.39, 0.29) is 5.60 Å². The van der Waals surface area contributed by atoms with Crippen LogP contribution in [0.5, 0.6) is 0 Å². The number of hydrogen-bond acceptors (Lipinski definition) is 2. The second kappa shape index (κ2) is 4.04. The number of carbonyl (C=O) groups excluding carboxylic acids is 1. The molecule has 19 heavy (non-hydrogen) atoms. The van der Waals surface area contributed by atoms with Crippen molar-refractivity contribution in [1.82, 2.24) is 0 Å². The van der Waals surface area contributed by atoms with E-state index >= 15 is 0 Å². The molecule has 2 fully saturated rings. The molecule has 0 unspecified atom stereocenters. The number of allylic oxidation sites excluding steroid dienone is 1. The van der Waals surface area contributed by atoms with Crippen molar-refractivity contribution in [1.29, 1.82) is 0 Å². The van der Waals surface area contributed by atoms with E-state index in [0.717, 1.165) is 30.6 Å². The monoisotopic (exact) mass is 254 g/mol. The Kier molecular flexibility index (Phi) is 2.43. The van der Waals surface area contributed by atoms with E-state index < -0.39 is 0 Å². The number of Topliss-reactive ketones (excluding diaryl/α,β-unsaturated/α-hetero) is 1. The van der Waals surface area contributed by atoms with Crippen LogP contribution in [0.2, 0.25) is 0 Å². The zero-order valence-electron chi connectivity index (χ0n) is 11.0. The lowest BCUT2D eigenvalue weighted by Gasteiger charge is -2.25. The number of ether oxygens (including phenoxy) is 1. The smallest absolute Gasteiger partial charge is 0.164 e. The van der Waals surface area contributed by atoms with E-state index in [1.54, 1.807) is 0 Å². The molecule has 1 saturated carbocycles. The van der Waals surface area contributed by atoms with Gasteiger partial charge in [-0.15, -0.1) is 0 Å². The van der Waals surface area contributed by atoms with Crippen molar-refractivity contribution in [2.45, 2.75) is 37.7 Å². The number of fused-ring (bicyclic) bond motifs is 2. The van der Waals surface area contributed by atoms with Crippen molar-refractivity contribution in [2.75, 3.05) is 6.61 Å². The Labute approximate surface area is 113 Å². The van der Waals surface area contributed by atoms with Gasteiger partial charge in [0.05, 0.1) is 12.2 Å². The van der Waals surface area contributed by atoms with E-state index in [2.05, 4.69) is 12.1 Å². The standard InChI is InChI=1S/C17H18O2/c18-14-10-13-11-19-17(8-4-5-9-17)16(13)15(14)12-6-2-1-3-7-12/h1-3,6-7,13H,4-5,8-11H2/t13-/m1/s1. The molecule has 2 heteroatoms. The number of carbonyl (C=O) groups is 1. The first-order valence-electron chi connectivity index (χ1n) is 7.27. The van der Waals surface area contributed by atoms with Gasteiger partial charge in [-0.25, -0.2) is 0 Å². The zero-order valence-corrected chi connectivity index (χ0v) is 11.0. The fraction of sp³-hybridized carbons (Fsp3) is 0.471. The van der Waals surface area contributed by atoms with Crippen LogP contribution >= 0.6 is 0 Å². The van der Waals surface area contributed by atoms with Crippen molar-refractivity contribution < 1.29 is 9.53 Å². The maximum absolute atomic E-state index is 12.4. The summed E-state index contributed by atoms with van der Waals surface area (Å²) in [6, 6.07) is 10.1. The van der Waals surface area contributed by atoms with Crippen LogP contribution in [0, 0.1) is 5.92 Å². The van der Waals surface area contributed by atoms with Crippen LogP contribution in [-0.4, -0.2) is 18.0 Å². The molecular weight excluding hydrogens is 236 g/mol. The topological polar surface area (TPSA) is 26.3 Å². The highest BCUT2D eigenvalue weighted by atomic mass is 16.5. The third-order valence-corrected chi connectivity index (χ3v) is 4.91. The molecule has 0 amide bonds. The number of benzene rings is 1. The second-order valence-electron chi connectivity index (χ2n) is 5.99. The summed E-state index contributed by atoms with van der Waals surface area (Å²) in [6.45, 7) is 0.747. The number of ketones is 1. The fourth-order valence-corrected chi connectivity index (χ4v) is 4.14. The highest BCUT2D eigenvalue weighted by Gasteiger charge is 2.52. The number of rotatable bonds is 1. The first kappa shape index (κ1) is 11.4. The van der Waals surface area contributed by atoms with Gasteiger partial charge in [0.25, 0.3) is 0 Å². The maximum atomic E-state index is 12.4. The molecule has 0 radical (unpaired) electrons. The van der Waals surface area contributed by atoms with Gasteiger partial charge in [-0.3, -0.25) is 4.79 Å². The third kappa shape index (κ3) is 1.56. The van der Waals surface area contributed by atoms with Crippen molar-refractivity contribution in [3.63, 3.8) is 0 Å². The molecule has 1 aromatic rings. The molecule has 1 atom stereocenters. The summed E-state index contributed by atoms with van der Waals surface area (Å²) in [6.07, 6.45) is 5.31. The third-order valence-electron chi connectivity index (χ3n) is 4.91. The van der Waals surface area contributed by atoms with Crippen LogP contribution in [0.25, 0.3) is 5.57 Å². The molecule has 2 nitrogen and oxygen atoms in total. The van der Waals surface area contributed by atoms with Crippen LogP contribution < -0.4 is 0 Å². The average molecular weight is 254 g/mol. The lowest BCUT2D eigenvalue weighted by Crippen LogP contribution is -2.26. The minimum Gasteiger partial charge on any atom is -0.370 e. The summed E-state index contributed by atoms with van der Waals surface area (Å²) in [5.74, 6) is 0.668. The second-order valence-corrected chi connectivity index (χ2v) is 5.99. The lowest BCUT2D eigenvalue weighted by atomic mass is 9.85. The summed E-state index contributed by atoms with van der Waals surface area (Å²) < 4.78 is 6.16. The Morgan fingerprint density at radius 3 is 2.58 bits per heavy atom. The fourth-order valence-electron chi connectivity index (χ4n) is 4.14. The van der Waals surface area contributed by atoms with Gasteiger partial charge in [0.1, 0.15) is 0 Å². The minimum absolute atomic E-state index is 0.0952. The normalized spacial score (nSPS) is 28.4. The quantitative estimate of drug-likeness (QED) is 0.768. The molecule has 1 saturated heterocycles. The molecule has 4 rings (SSSR count). The van der Waals surface area contributed by atoms with Gasteiger partial charge in [0.2, 0.25) is 0 Å². The Balaban J connectivity index is 1.90. The van der Waals surface area contributed by atoms with Gasteiger partial charge in [-0.2, -0.15) is 0 Å². The molecule has 98 valence electrons. The molecule has 2 aliphatic carbocycles. The molecule has 1 aromatic carbocycles. The van der Waals surface area contributed by atoms with Gasteiger partial charge in [0, 0.05) is 17.9 Å². The predicted octanol–water partition coefficient (Wildman–Crippen LogP) is 3.37. The van der Waals surface area contributed by atoms with E-state index in [1.807, 2.05) is 18.2 Å². The van der Waals surface area contributed by atoms with Gasteiger partial charge in [-0.1, -0.05) is 43.2 Å². The Morgan fingerprint density at radius 1 is 1.11 bits per heavy atom. The lowest BCUT2D eigenvalue weighted by molar-refractivity contribution is -0.114. The van der Waals surface area contributed by atoms with Crippen LogP contribution in [0.4, 0.5) is 0 Å². The minimum atomic E-state index is -0.0952. The van der Waals surface area contributed by atoms with E-state index in [4.69, 9.17) is 4.74 Å². The van der Waals surface area contributed by atoms with E-state index in [9.17, 15) is 4.79 Å². The largest absolute Gasteiger partial charge is 0.370 e. The molecule has 0 N–H and O–H groups in total. The first-order valence-corrected chi connectivity index (χ1v) is 7.27. The van der Waals surface area contributed by atoms with Crippen LogP contribution in [0.1, 0.15) is 37.7 Å². The van der Waals surface area contributed by atoms with Crippen LogP contribution in [-0.2, 0) is 9.53 Å². The van der Waals surface area contributed by atoms with Gasteiger partial charge >= 0.3 is 0 Å². The van der Waals surface area contributed by atoms with Crippen molar-refractivity contribution in [3.8, 4) is 0 Å². The van der Waals surface area contributed by atoms with Crippen molar-refractivity contribution >= 4 is 11.4 Å². The maximum Gasteiger partial charge on any atom is 0.164 e.